The van der Waals surface area contributed by atoms with E-state index in [1.165, 1.54) is 5.56 Å². The number of likely N-dealkylation sites (tertiary alicyclic amines) is 1. The van der Waals surface area contributed by atoms with Crippen molar-refractivity contribution in [2.45, 2.75) is 25.9 Å². The number of carbonyl (C=O) groups excluding carboxylic acids is 1. The van der Waals surface area contributed by atoms with Gasteiger partial charge in [0.2, 0.25) is 5.91 Å². The number of thiophene rings is 1. The predicted octanol–water partition coefficient (Wildman–Crippen LogP) is 3.14. The van der Waals surface area contributed by atoms with Gasteiger partial charge >= 0.3 is 0 Å². The molecule has 1 aromatic heterocycles. The van der Waals surface area contributed by atoms with Crippen LogP contribution in [0.15, 0.2) is 41.1 Å². The van der Waals surface area contributed by atoms with Crippen LogP contribution in [-0.2, 0) is 17.6 Å². The van der Waals surface area contributed by atoms with Crippen molar-refractivity contribution in [2.75, 3.05) is 13.1 Å². The fraction of sp³-hybridized carbons (Fsp3) is 0.353. The van der Waals surface area contributed by atoms with E-state index in [4.69, 9.17) is 4.74 Å². The van der Waals surface area contributed by atoms with Gasteiger partial charge in [0.25, 0.3) is 0 Å². The van der Waals surface area contributed by atoms with Crippen LogP contribution >= 0.6 is 11.3 Å². The third-order valence-electron chi connectivity index (χ3n) is 3.78. The second kappa shape index (κ2) is 6.31. The molecule has 1 saturated heterocycles. The second-order valence-corrected chi connectivity index (χ2v) is 6.09. The van der Waals surface area contributed by atoms with E-state index in [1.807, 2.05) is 39.9 Å². The fourth-order valence-corrected chi connectivity index (χ4v) is 3.16. The Morgan fingerprint density at radius 2 is 2.14 bits per heavy atom. The lowest BCUT2D eigenvalue weighted by Gasteiger charge is -2.39. The molecule has 0 aliphatic carbocycles. The van der Waals surface area contributed by atoms with Crippen molar-refractivity contribution < 1.29 is 9.53 Å². The van der Waals surface area contributed by atoms with Crippen molar-refractivity contribution >= 4 is 17.2 Å². The molecule has 0 N–H and O–H groups in total. The summed E-state index contributed by atoms with van der Waals surface area (Å²) in [4.78, 5) is 14.0. The van der Waals surface area contributed by atoms with E-state index in [2.05, 4.69) is 13.0 Å². The van der Waals surface area contributed by atoms with Crippen molar-refractivity contribution in [2.24, 2.45) is 0 Å². The molecule has 2 aromatic rings. The number of nitrogens with zero attached hydrogens (tertiary/aromatic N) is 1. The Hall–Kier alpha value is -1.81. The molecule has 0 saturated carbocycles. The van der Waals surface area contributed by atoms with E-state index in [0.29, 0.717) is 19.5 Å². The molecular weight excluding hydrogens is 282 g/mol. The molecule has 3 rings (SSSR count). The van der Waals surface area contributed by atoms with Crippen molar-refractivity contribution in [3.05, 3.63) is 52.2 Å². The lowest BCUT2D eigenvalue weighted by atomic mass is 10.1. The minimum Gasteiger partial charge on any atom is -0.486 e. The van der Waals surface area contributed by atoms with Crippen molar-refractivity contribution in [1.29, 1.82) is 0 Å². The summed E-state index contributed by atoms with van der Waals surface area (Å²) in [6, 6.07) is 10.1. The average molecular weight is 301 g/mol. The maximum atomic E-state index is 12.1. The Morgan fingerprint density at radius 3 is 2.86 bits per heavy atom. The number of rotatable bonds is 5. The highest BCUT2D eigenvalue weighted by atomic mass is 32.1. The topological polar surface area (TPSA) is 29.5 Å². The van der Waals surface area contributed by atoms with E-state index in [9.17, 15) is 4.79 Å². The number of aryl methyl sites for hydroxylation is 1. The van der Waals surface area contributed by atoms with Gasteiger partial charge in [0.15, 0.2) is 0 Å². The van der Waals surface area contributed by atoms with Crippen molar-refractivity contribution in [3.63, 3.8) is 0 Å². The molecule has 21 heavy (non-hydrogen) atoms. The van der Waals surface area contributed by atoms with Crippen LogP contribution < -0.4 is 4.74 Å². The Labute approximate surface area is 129 Å². The Bertz CT molecular complexity index is 603. The summed E-state index contributed by atoms with van der Waals surface area (Å²) < 4.78 is 6.00. The normalized spacial score (nSPS) is 14.8. The molecule has 0 atom stereocenters. The molecule has 2 heterocycles. The summed E-state index contributed by atoms with van der Waals surface area (Å²) >= 11 is 1.63. The van der Waals surface area contributed by atoms with E-state index in [-0.39, 0.29) is 12.0 Å². The molecule has 0 spiro atoms. The molecule has 1 fully saturated rings. The van der Waals surface area contributed by atoms with Gasteiger partial charge in [-0.05, 0) is 40.4 Å². The van der Waals surface area contributed by atoms with Crippen LogP contribution in [0.5, 0.6) is 5.75 Å². The van der Waals surface area contributed by atoms with Crippen LogP contribution in [0.2, 0.25) is 0 Å². The van der Waals surface area contributed by atoms with E-state index < -0.39 is 0 Å². The van der Waals surface area contributed by atoms with Gasteiger partial charge in [0, 0.05) is 0 Å². The first kappa shape index (κ1) is 14.1. The molecule has 1 aliphatic heterocycles. The molecule has 1 aliphatic rings. The van der Waals surface area contributed by atoms with E-state index in [1.54, 1.807) is 11.3 Å². The Morgan fingerprint density at radius 1 is 1.33 bits per heavy atom. The highest BCUT2D eigenvalue weighted by molar-refractivity contribution is 7.07. The van der Waals surface area contributed by atoms with Crippen LogP contribution in [0.4, 0.5) is 0 Å². The lowest BCUT2D eigenvalue weighted by Crippen LogP contribution is -2.56. The van der Waals surface area contributed by atoms with Gasteiger partial charge in [-0.15, -0.1) is 0 Å². The van der Waals surface area contributed by atoms with E-state index >= 15 is 0 Å². The first-order valence-electron chi connectivity index (χ1n) is 7.29. The fourth-order valence-electron chi connectivity index (χ4n) is 2.49. The predicted molar refractivity (Wildman–Crippen MR) is 84.8 cm³/mol. The van der Waals surface area contributed by atoms with Crippen LogP contribution in [-0.4, -0.2) is 30.0 Å². The van der Waals surface area contributed by atoms with Gasteiger partial charge in [-0.2, -0.15) is 11.3 Å². The zero-order valence-corrected chi connectivity index (χ0v) is 12.9. The summed E-state index contributed by atoms with van der Waals surface area (Å²) in [5, 5.41) is 4.04. The number of hydrogen-bond donors (Lipinski definition) is 0. The quantitative estimate of drug-likeness (QED) is 0.849. The molecule has 0 unspecified atom stereocenters. The molecule has 3 nitrogen and oxygen atoms in total. The number of hydrogen-bond acceptors (Lipinski definition) is 3. The molecule has 0 bridgehead atoms. The minimum atomic E-state index is 0.129. The Balaban J connectivity index is 1.50. The number of ether oxygens (including phenoxy) is 1. The summed E-state index contributed by atoms with van der Waals surface area (Å²) in [6.45, 7) is 3.52. The maximum Gasteiger partial charge on any atom is 0.227 e. The summed E-state index contributed by atoms with van der Waals surface area (Å²) in [5.74, 6) is 1.15. The SMILES string of the molecule is CCc1ccccc1OC1CN(C(=O)Cc2ccsc2)C1. The van der Waals surface area contributed by atoms with Gasteiger partial charge in [-0.1, -0.05) is 25.1 Å². The van der Waals surface area contributed by atoms with E-state index in [0.717, 1.165) is 17.7 Å². The molecule has 1 aromatic carbocycles. The van der Waals surface area contributed by atoms with Crippen LogP contribution in [0.25, 0.3) is 0 Å². The Kier molecular flexibility index (Phi) is 4.25. The smallest absolute Gasteiger partial charge is 0.227 e. The van der Waals surface area contributed by atoms with Gasteiger partial charge < -0.3 is 9.64 Å². The zero-order chi connectivity index (χ0) is 14.7. The van der Waals surface area contributed by atoms with Crippen LogP contribution in [0.1, 0.15) is 18.1 Å². The van der Waals surface area contributed by atoms with Crippen LogP contribution in [0.3, 0.4) is 0 Å². The summed E-state index contributed by atoms with van der Waals surface area (Å²) in [7, 11) is 0. The standard InChI is InChI=1S/C17H19NO2S/c1-2-14-5-3-4-6-16(14)20-15-10-18(11-15)17(19)9-13-7-8-21-12-13/h3-8,12,15H,2,9-11H2,1H3. The van der Waals surface area contributed by atoms with Gasteiger partial charge in [0.1, 0.15) is 11.9 Å². The zero-order valence-electron chi connectivity index (χ0n) is 12.1. The third-order valence-corrected chi connectivity index (χ3v) is 4.52. The number of amides is 1. The number of carbonyl (C=O) groups is 1. The van der Waals surface area contributed by atoms with Crippen molar-refractivity contribution in [1.82, 2.24) is 4.90 Å². The van der Waals surface area contributed by atoms with Crippen LogP contribution in [0, 0.1) is 0 Å². The highest BCUT2D eigenvalue weighted by Gasteiger charge is 2.32. The molecule has 1 amide bonds. The highest BCUT2D eigenvalue weighted by Crippen LogP contribution is 2.23. The number of benzene rings is 1. The largest absolute Gasteiger partial charge is 0.486 e. The first-order chi connectivity index (χ1) is 10.3. The third kappa shape index (κ3) is 3.27. The average Bonchev–Trinajstić information content (AvgIpc) is 2.95. The number of para-hydroxylation sites is 1. The van der Waals surface area contributed by atoms with Gasteiger partial charge in [-0.3, -0.25) is 4.79 Å². The monoisotopic (exact) mass is 301 g/mol. The molecule has 0 radical (unpaired) electrons. The second-order valence-electron chi connectivity index (χ2n) is 5.31. The molecule has 4 heteroatoms. The lowest BCUT2D eigenvalue weighted by molar-refractivity contribution is -0.139. The van der Waals surface area contributed by atoms with Gasteiger partial charge in [0.05, 0.1) is 19.5 Å². The first-order valence-corrected chi connectivity index (χ1v) is 8.24. The summed E-state index contributed by atoms with van der Waals surface area (Å²) in [6.07, 6.45) is 1.59. The maximum absolute atomic E-state index is 12.1. The molecular formula is C17H19NO2S. The molecule has 110 valence electrons. The summed E-state index contributed by atoms with van der Waals surface area (Å²) in [5.41, 5.74) is 2.33. The minimum absolute atomic E-state index is 0.129. The van der Waals surface area contributed by atoms with Gasteiger partial charge in [-0.25, -0.2) is 0 Å². The van der Waals surface area contributed by atoms with Crippen molar-refractivity contribution in [3.8, 4) is 5.75 Å².